The second kappa shape index (κ2) is 6.21. The van der Waals surface area contributed by atoms with Gasteiger partial charge in [0.15, 0.2) is 0 Å². The first-order chi connectivity index (χ1) is 9.60. The van der Waals surface area contributed by atoms with Crippen LogP contribution in [0.1, 0.15) is 36.5 Å². The molecule has 0 atom stereocenters. The molecule has 2 nitrogen and oxygen atoms in total. The van der Waals surface area contributed by atoms with E-state index in [0.717, 1.165) is 5.56 Å². The molecular weight excluding hydrogens is 253 g/mol. The number of benzene rings is 2. The first-order valence-corrected chi connectivity index (χ1v) is 6.51. The van der Waals surface area contributed by atoms with Gasteiger partial charge in [-0.3, -0.25) is 0 Å². The zero-order valence-corrected chi connectivity index (χ0v) is 11.6. The number of rotatable bonds is 4. The molecule has 20 heavy (non-hydrogen) atoms. The Balaban J connectivity index is 2.02. The molecule has 0 N–H and O–H groups in total. The molecule has 0 aromatic heterocycles. The monoisotopic (exact) mass is 269 g/mol. The summed E-state index contributed by atoms with van der Waals surface area (Å²) in [6, 6.07) is 14.2. The third-order valence-corrected chi connectivity index (χ3v) is 3.11. The zero-order chi connectivity index (χ0) is 14.5. The Morgan fingerprint density at radius 3 is 2.40 bits per heavy atom. The van der Waals surface area contributed by atoms with E-state index >= 15 is 0 Å². The Labute approximate surface area is 118 Å². The largest absolute Gasteiger partial charge is 0.489 e. The van der Waals surface area contributed by atoms with E-state index in [1.165, 1.54) is 17.7 Å². The Morgan fingerprint density at radius 1 is 1.15 bits per heavy atom. The Morgan fingerprint density at radius 2 is 1.85 bits per heavy atom. The van der Waals surface area contributed by atoms with Crippen molar-refractivity contribution in [3.05, 3.63) is 65.0 Å². The molecule has 0 fully saturated rings. The SMILES string of the molecule is CC(C)c1ccc(COc2ccc(C#N)c(F)c2)cc1. The molecule has 0 aliphatic heterocycles. The molecule has 0 radical (unpaired) electrons. The Hall–Kier alpha value is -2.34. The van der Waals surface area contributed by atoms with Gasteiger partial charge in [0.1, 0.15) is 24.2 Å². The van der Waals surface area contributed by atoms with Crippen LogP contribution < -0.4 is 4.74 Å². The highest BCUT2D eigenvalue weighted by Crippen LogP contribution is 2.19. The number of nitrogens with zero attached hydrogens (tertiary/aromatic N) is 1. The van der Waals surface area contributed by atoms with Gasteiger partial charge < -0.3 is 4.74 Å². The molecule has 0 bridgehead atoms. The molecule has 0 aliphatic carbocycles. The second-order valence-corrected chi connectivity index (χ2v) is 4.94. The van der Waals surface area contributed by atoms with Gasteiger partial charge in [-0.1, -0.05) is 38.1 Å². The minimum Gasteiger partial charge on any atom is -0.489 e. The van der Waals surface area contributed by atoms with Crippen molar-refractivity contribution in [1.29, 1.82) is 5.26 Å². The van der Waals surface area contributed by atoms with Gasteiger partial charge in [0.25, 0.3) is 0 Å². The number of ether oxygens (including phenoxy) is 1. The molecule has 0 saturated carbocycles. The molecule has 2 aromatic carbocycles. The predicted octanol–water partition coefficient (Wildman–Crippen LogP) is 4.40. The van der Waals surface area contributed by atoms with Crippen molar-refractivity contribution in [3.63, 3.8) is 0 Å². The number of halogens is 1. The standard InChI is InChI=1S/C17H16FNO/c1-12(2)14-5-3-13(4-6-14)11-20-16-8-7-15(10-19)17(18)9-16/h3-9,12H,11H2,1-2H3. The third-order valence-electron chi connectivity index (χ3n) is 3.11. The summed E-state index contributed by atoms with van der Waals surface area (Å²) >= 11 is 0. The second-order valence-electron chi connectivity index (χ2n) is 4.94. The smallest absolute Gasteiger partial charge is 0.144 e. The fourth-order valence-electron chi connectivity index (χ4n) is 1.84. The normalized spacial score (nSPS) is 10.3. The lowest BCUT2D eigenvalue weighted by Gasteiger charge is -2.09. The first kappa shape index (κ1) is 14.1. The summed E-state index contributed by atoms with van der Waals surface area (Å²) in [5.41, 5.74) is 2.33. The van der Waals surface area contributed by atoms with Crippen LogP contribution >= 0.6 is 0 Å². The lowest BCUT2D eigenvalue weighted by Crippen LogP contribution is -1.97. The number of hydrogen-bond donors (Lipinski definition) is 0. The van der Waals surface area contributed by atoms with E-state index in [2.05, 4.69) is 26.0 Å². The van der Waals surface area contributed by atoms with Crippen molar-refractivity contribution in [3.8, 4) is 11.8 Å². The fourth-order valence-corrected chi connectivity index (χ4v) is 1.84. The van der Waals surface area contributed by atoms with Crippen molar-refractivity contribution in [2.45, 2.75) is 26.4 Å². The maximum Gasteiger partial charge on any atom is 0.144 e. The summed E-state index contributed by atoms with van der Waals surface area (Å²) in [5, 5.41) is 8.66. The summed E-state index contributed by atoms with van der Waals surface area (Å²) in [6.45, 7) is 4.67. The van der Waals surface area contributed by atoms with Gasteiger partial charge in [-0.25, -0.2) is 4.39 Å². The average Bonchev–Trinajstić information content (AvgIpc) is 2.45. The van der Waals surface area contributed by atoms with Gasteiger partial charge >= 0.3 is 0 Å². The Bertz CT molecular complexity index is 626. The highest BCUT2D eigenvalue weighted by Gasteiger charge is 2.04. The van der Waals surface area contributed by atoms with E-state index < -0.39 is 5.82 Å². The van der Waals surface area contributed by atoms with E-state index in [4.69, 9.17) is 10.00 Å². The first-order valence-electron chi connectivity index (χ1n) is 6.51. The van der Waals surface area contributed by atoms with Gasteiger partial charge in [0, 0.05) is 6.07 Å². The van der Waals surface area contributed by atoms with Crippen LogP contribution in [-0.2, 0) is 6.61 Å². The van der Waals surface area contributed by atoms with Gasteiger partial charge in [0.2, 0.25) is 0 Å². The quantitative estimate of drug-likeness (QED) is 0.824. The topological polar surface area (TPSA) is 33.0 Å². The molecule has 0 heterocycles. The van der Waals surface area contributed by atoms with Gasteiger partial charge in [-0.15, -0.1) is 0 Å². The van der Waals surface area contributed by atoms with E-state index in [1.807, 2.05) is 12.1 Å². The van der Waals surface area contributed by atoms with Crippen molar-refractivity contribution < 1.29 is 9.13 Å². The summed E-state index contributed by atoms with van der Waals surface area (Å²) < 4.78 is 18.9. The minimum absolute atomic E-state index is 0.0265. The molecule has 0 aliphatic rings. The fraction of sp³-hybridized carbons (Fsp3) is 0.235. The van der Waals surface area contributed by atoms with Crippen LogP contribution in [-0.4, -0.2) is 0 Å². The maximum atomic E-state index is 13.4. The van der Waals surface area contributed by atoms with Crippen molar-refractivity contribution in [2.24, 2.45) is 0 Å². The van der Waals surface area contributed by atoms with Crippen LogP contribution in [0.25, 0.3) is 0 Å². The molecule has 0 amide bonds. The summed E-state index contributed by atoms with van der Waals surface area (Å²) in [5.74, 6) is 0.368. The lowest BCUT2D eigenvalue weighted by atomic mass is 10.0. The number of nitriles is 1. The minimum atomic E-state index is -0.555. The molecule has 0 spiro atoms. The van der Waals surface area contributed by atoms with Crippen LogP contribution in [0.3, 0.4) is 0 Å². The lowest BCUT2D eigenvalue weighted by molar-refractivity contribution is 0.304. The molecule has 2 aromatic rings. The summed E-state index contributed by atoms with van der Waals surface area (Å²) in [4.78, 5) is 0. The van der Waals surface area contributed by atoms with Gasteiger partial charge in [0.05, 0.1) is 5.56 Å². The summed E-state index contributed by atoms with van der Waals surface area (Å²) in [6.07, 6.45) is 0. The van der Waals surface area contributed by atoms with E-state index in [1.54, 1.807) is 12.1 Å². The van der Waals surface area contributed by atoms with Crippen molar-refractivity contribution in [2.75, 3.05) is 0 Å². The van der Waals surface area contributed by atoms with E-state index in [9.17, 15) is 4.39 Å². The maximum absolute atomic E-state index is 13.4. The van der Waals surface area contributed by atoms with Crippen LogP contribution in [0.2, 0.25) is 0 Å². The van der Waals surface area contributed by atoms with Gasteiger partial charge in [-0.2, -0.15) is 5.26 Å². The van der Waals surface area contributed by atoms with E-state index in [0.29, 0.717) is 18.3 Å². The predicted molar refractivity (Wildman–Crippen MR) is 76.0 cm³/mol. The molecule has 0 saturated heterocycles. The number of hydrogen-bond acceptors (Lipinski definition) is 2. The highest BCUT2D eigenvalue weighted by atomic mass is 19.1. The van der Waals surface area contributed by atoms with Crippen LogP contribution in [0.4, 0.5) is 4.39 Å². The molecule has 0 unspecified atom stereocenters. The zero-order valence-electron chi connectivity index (χ0n) is 11.6. The average molecular weight is 269 g/mol. The molecular formula is C17H16FNO. The van der Waals surface area contributed by atoms with E-state index in [-0.39, 0.29) is 5.56 Å². The molecule has 2 rings (SSSR count). The molecule has 3 heteroatoms. The third kappa shape index (κ3) is 3.36. The van der Waals surface area contributed by atoms with Crippen molar-refractivity contribution in [1.82, 2.24) is 0 Å². The van der Waals surface area contributed by atoms with Crippen molar-refractivity contribution >= 4 is 0 Å². The Kier molecular flexibility index (Phi) is 4.37. The van der Waals surface area contributed by atoms with Crippen LogP contribution in [0.5, 0.6) is 5.75 Å². The van der Waals surface area contributed by atoms with Crippen LogP contribution in [0, 0.1) is 17.1 Å². The van der Waals surface area contributed by atoms with Gasteiger partial charge in [-0.05, 0) is 29.2 Å². The summed E-state index contributed by atoms with van der Waals surface area (Å²) in [7, 11) is 0. The highest BCUT2D eigenvalue weighted by molar-refractivity contribution is 5.36. The van der Waals surface area contributed by atoms with Crippen LogP contribution in [0.15, 0.2) is 42.5 Å². The molecule has 102 valence electrons.